The van der Waals surface area contributed by atoms with Crippen molar-refractivity contribution in [3.8, 4) is 22.5 Å². The van der Waals surface area contributed by atoms with Crippen molar-refractivity contribution in [2.75, 3.05) is 7.05 Å². The Bertz CT molecular complexity index is 2030. The standard InChI is InChI=1S/C42H40N4/c1-28-32(21-23-39(45-28)40-17-9-11-25-46(40)2)42-34-15-7-6-14-33(34)41(31-19-22-38(44-27-31)37-16-8-10-24-43-37)35-20-18-30(26-36(35)42)29-12-4-3-5-13-29/h4,6-8,10-16,18-20,22,24-28,32,40H,3,5,9,17,21,23H2,1-2H3. The fourth-order valence-electron chi connectivity index (χ4n) is 7.94. The number of rotatable bonds is 5. The van der Waals surface area contributed by atoms with Crippen molar-refractivity contribution in [1.29, 1.82) is 0 Å². The Morgan fingerprint density at radius 2 is 1.57 bits per heavy atom. The van der Waals surface area contributed by atoms with Gasteiger partial charge in [-0.05, 0) is 120 Å². The monoisotopic (exact) mass is 600 g/mol. The highest BCUT2D eigenvalue weighted by Gasteiger charge is 2.32. The number of benzene rings is 3. The van der Waals surface area contributed by atoms with Crippen LogP contribution in [-0.2, 0) is 0 Å². The molecule has 228 valence electrons. The number of hydrogen-bond acceptors (Lipinski definition) is 4. The lowest BCUT2D eigenvalue weighted by Crippen LogP contribution is -2.39. The van der Waals surface area contributed by atoms with Crippen LogP contribution in [0.3, 0.4) is 0 Å². The molecule has 3 unspecified atom stereocenters. The Morgan fingerprint density at radius 3 is 2.33 bits per heavy atom. The van der Waals surface area contributed by atoms with Gasteiger partial charge in [-0.25, -0.2) is 0 Å². The van der Waals surface area contributed by atoms with E-state index in [2.05, 4.69) is 109 Å². The first kappa shape index (κ1) is 28.6. The molecule has 4 nitrogen and oxygen atoms in total. The van der Waals surface area contributed by atoms with E-state index in [-0.39, 0.29) is 6.04 Å². The van der Waals surface area contributed by atoms with E-state index < -0.39 is 0 Å². The van der Waals surface area contributed by atoms with Crippen LogP contribution >= 0.6 is 0 Å². The molecule has 8 rings (SSSR count). The van der Waals surface area contributed by atoms with Crippen LogP contribution in [-0.4, -0.2) is 39.7 Å². The van der Waals surface area contributed by atoms with Gasteiger partial charge >= 0.3 is 0 Å². The zero-order valence-corrected chi connectivity index (χ0v) is 26.7. The summed E-state index contributed by atoms with van der Waals surface area (Å²) in [5.41, 5.74) is 9.58. The summed E-state index contributed by atoms with van der Waals surface area (Å²) in [6.45, 7) is 2.34. The van der Waals surface area contributed by atoms with Gasteiger partial charge in [-0.2, -0.15) is 0 Å². The van der Waals surface area contributed by atoms with Crippen LogP contribution in [0.15, 0.2) is 121 Å². The van der Waals surface area contributed by atoms with Crippen LogP contribution in [0, 0.1) is 0 Å². The molecule has 2 aliphatic heterocycles. The van der Waals surface area contributed by atoms with Crippen LogP contribution in [0.5, 0.6) is 0 Å². The number of aromatic nitrogens is 2. The number of hydrogen-bond donors (Lipinski definition) is 0. The summed E-state index contributed by atoms with van der Waals surface area (Å²) >= 11 is 0. The van der Waals surface area contributed by atoms with Gasteiger partial charge in [0.1, 0.15) is 0 Å². The molecule has 46 heavy (non-hydrogen) atoms. The van der Waals surface area contributed by atoms with E-state index in [0.29, 0.717) is 12.0 Å². The Balaban J connectivity index is 1.31. The summed E-state index contributed by atoms with van der Waals surface area (Å²) in [5.74, 6) is 0.338. The molecule has 3 aromatic carbocycles. The molecule has 0 fully saturated rings. The molecule has 2 aromatic heterocycles. The van der Waals surface area contributed by atoms with Crippen LogP contribution < -0.4 is 0 Å². The molecule has 0 amide bonds. The third-order valence-corrected chi connectivity index (χ3v) is 10.2. The quantitative estimate of drug-likeness (QED) is 0.189. The molecular weight excluding hydrogens is 560 g/mol. The van der Waals surface area contributed by atoms with E-state index in [4.69, 9.17) is 9.98 Å². The number of nitrogens with zero attached hydrogens (tertiary/aromatic N) is 4. The maximum Gasteiger partial charge on any atom is 0.0886 e. The van der Waals surface area contributed by atoms with Crippen molar-refractivity contribution in [2.45, 2.75) is 63.5 Å². The molecule has 0 saturated carbocycles. The van der Waals surface area contributed by atoms with Crippen LogP contribution in [0.1, 0.15) is 62.5 Å². The number of allylic oxidation sites excluding steroid dienone is 5. The van der Waals surface area contributed by atoms with Gasteiger partial charge < -0.3 is 4.90 Å². The van der Waals surface area contributed by atoms with Crippen molar-refractivity contribution in [3.05, 3.63) is 127 Å². The zero-order chi connectivity index (χ0) is 31.0. The van der Waals surface area contributed by atoms with Gasteiger partial charge in [-0.1, -0.05) is 72.8 Å². The minimum atomic E-state index is 0.206. The first-order valence-corrected chi connectivity index (χ1v) is 16.8. The molecule has 0 bridgehead atoms. The Kier molecular flexibility index (Phi) is 7.57. The molecule has 0 radical (unpaired) electrons. The summed E-state index contributed by atoms with van der Waals surface area (Å²) in [6, 6.07) is 27.1. The summed E-state index contributed by atoms with van der Waals surface area (Å²) in [4.78, 5) is 17.3. The highest BCUT2D eigenvalue weighted by Crippen LogP contribution is 2.46. The highest BCUT2D eigenvalue weighted by atomic mass is 15.1. The number of fused-ring (bicyclic) bond motifs is 2. The fraction of sp³-hybridized carbons (Fsp3) is 0.262. The third kappa shape index (κ3) is 5.16. The van der Waals surface area contributed by atoms with Gasteiger partial charge in [0.25, 0.3) is 0 Å². The van der Waals surface area contributed by atoms with Crippen LogP contribution in [0.2, 0.25) is 0 Å². The lowest BCUT2D eigenvalue weighted by atomic mass is 9.77. The Morgan fingerprint density at radius 1 is 0.739 bits per heavy atom. The first-order valence-electron chi connectivity index (χ1n) is 16.8. The van der Waals surface area contributed by atoms with Crippen LogP contribution in [0.25, 0.3) is 49.6 Å². The second kappa shape index (κ2) is 12.2. The van der Waals surface area contributed by atoms with Crippen molar-refractivity contribution < 1.29 is 0 Å². The van der Waals surface area contributed by atoms with E-state index in [1.165, 1.54) is 49.5 Å². The average Bonchev–Trinajstić information content (AvgIpc) is 3.12. The SMILES string of the molecule is CC1N=C(C2CCC=CN2C)CCC1c1c2ccccc2c(-c2ccc(-c3ccccn3)nc2)c2ccc(C3=CCCC=C3)cc12. The van der Waals surface area contributed by atoms with Crippen molar-refractivity contribution in [2.24, 2.45) is 4.99 Å². The Labute approximate surface area is 271 Å². The second-order valence-electron chi connectivity index (χ2n) is 13.0. The van der Waals surface area contributed by atoms with Crippen molar-refractivity contribution >= 4 is 32.8 Å². The Hall–Kier alpha value is -4.83. The summed E-state index contributed by atoms with van der Waals surface area (Å²) in [7, 11) is 2.20. The van der Waals surface area contributed by atoms with Gasteiger partial charge in [0.15, 0.2) is 0 Å². The molecule has 4 heteroatoms. The fourth-order valence-corrected chi connectivity index (χ4v) is 7.94. The van der Waals surface area contributed by atoms with E-state index in [1.54, 1.807) is 0 Å². The summed E-state index contributed by atoms with van der Waals surface area (Å²) < 4.78 is 0. The molecule has 0 spiro atoms. The van der Waals surface area contributed by atoms with Gasteiger partial charge in [-0.15, -0.1) is 0 Å². The predicted octanol–water partition coefficient (Wildman–Crippen LogP) is 10.2. The second-order valence-corrected chi connectivity index (χ2v) is 13.0. The molecule has 3 aliphatic rings. The number of aliphatic imine (C=N–C) groups is 1. The minimum Gasteiger partial charge on any atom is -0.373 e. The zero-order valence-electron chi connectivity index (χ0n) is 26.7. The molecule has 5 aromatic rings. The molecule has 4 heterocycles. The normalized spacial score (nSPS) is 21.4. The molecule has 3 atom stereocenters. The molecule has 0 N–H and O–H groups in total. The van der Waals surface area contributed by atoms with E-state index in [1.807, 2.05) is 30.6 Å². The summed E-state index contributed by atoms with van der Waals surface area (Å²) in [5, 5.41) is 5.23. The highest BCUT2D eigenvalue weighted by molar-refractivity contribution is 6.16. The lowest BCUT2D eigenvalue weighted by Gasteiger charge is -2.36. The van der Waals surface area contributed by atoms with Gasteiger partial charge in [0.2, 0.25) is 0 Å². The predicted molar refractivity (Wildman–Crippen MR) is 193 cm³/mol. The van der Waals surface area contributed by atoms with Gasteiger partial charge in [0, 0.05) is 36.6 Å². The van der Waals surface area contributed by atoms with Crippen molar-refractivity contribution in [3.63, 3.8) is 0 Å². The lowest BCUT2D eigenvalue weighted by molar-refractivity contribution is 0.356. The largest absolute Gasteiger partial charge is 0.373 e. The smallest absolute Gasteiger partial charge is 0.0886 e. The van der Waals surface area contributed by atoms with Gasteiger partial charge in [0.05, 0.1) is 23.5 Å². The summed E-state index contributed by atoms with van der Waals surface area (Å²) in [6.07, 6.45) is 22.0. The molecule has 0 saturated heterocycles. The van der Waals surface area contributed by atoms with E-state index in [9.17, 15) is 0 Å². The maximum absolute atomic E-state index is 5.46. The van der Waals surface area contributed by atoms with Crippen LogP contribution in [0.4, 0.5) is 0 Å². The number of pyridine rings is 2. The topological polar surface area (TPSA) is 41.4 Å². The third-order valence-electron chi connectivity index (χ3n) is 10.2. The van der Waals surface area contributed by atoms with E-state index in [0.717, 1.165) is 55.5 Å². The minimum absolute atomic E-state index is 0.206. The maximum atomic E-state index is 5.46. The molecule has 1 aliphatic carbocycles. The molecular formula is C42H40N4. The van der Waals surface area contributed by atoms with Gasteiger partial charge in [-0.3, -0.25) is 15.0 Å². The van der Waals surface area contributed by atoms with Crippen molar-refractivity contribution in [1.82, 2.24) is 14.9 Å². The first-order chi connectivity index (χ1) is 22.7. The van der Waals surface area contributed by atoms with E-state index >= 15 is 0 Å². The average molecular weight is 601 g/mol.